The number of rotatable bonds is 4. The van der Waals surface area contributed by atoms with Crippen molar-refractivity contribution in [2.75, 3.05) is 13.7 Å². The third-order valence-corrected chi connectivity index (χ3v) is 4.05. The molecule has 1 aromatic carbocycles. The monoisotopic (exact) mass is 275 g/mol. The third kappa shape index (κ3) is 4.07. The van der Waals surface area contributed by atoms with Crippen molar-refractivity contribution in [3.05, 3.63) is 34.9 Å². The van der Waals surface area contributed by atoms with Crippen LogP contribution >= 0.6 is 0 Å². The van der Waals surface area contributed by atoms with E-state index in [4.69, 9.17) is 4.74 Å². The number of hydrogen-bond acceptors (Lipinski definition) is 3. The number of carbonyl (C=O) groups excluding carboxylic acids is 1. The molecular formula is C17H25NO2. The summed E-state index contributed by atoms with van der Waals surface area (Å²) in [5, 5.41) is 0. The van der Waals surface area contributed by atoms with Gasteiger partial charge in [-0.1, -0.05) is 35.7 Å². The van der Waals surface area contributed by atoms with Crippen molar-refractivity contribution < 1.29 is 9.53 Å². The number of hydrogen-bond donors (Lipinski definition) is 0. The summed E-state index contributed by atoms with van der Waals surface area (Å²) in [5.74, 6) is -0.0951. The molecule has 110 valence electrons. The number of ether oxygens (including phenoxy) is 1. The molecular weight excluding hydrogens is 250 g/mol. The number of likely N-dealkylation sites (tertiary alicyclic amines) is 1. The molecule has 1 heterocycles. The zero-order valence-electron chi connectivity index (χ0n) is 12.8. The van der Waals surface area contributed by atoms with Crippen LogP contribution in [0.4, 0.5) is 0 Å². The van der Waals surface area contributed by atoms with Crippen LogP contribution in [0.3, 0.4) is 0 Å². The Bertz CT molecular complexity index is 450. The van der Waals surface area contributed by atoms with Gasteiger partial charge in [-0.15, -0.1) is 0 Å². The summed E-state index contributed by atoms with van der Waals surface area (Å²) in [5.41, 5.74) is 3.96. The van der Waals surface area contributed by atoms with E-state index in [9.17, 15) is 4.79 Å². The van der Waals surface area contributed by atoms with Gasteiger partial charge in [0.15, 0.2) is 0 Å². The van der Waals surface area contributed by atoms with Crippen molar-refractivity contribution in [1.82, 2.24) is 4.90 Å². The second-order valence-electron chi connectivity index (χ2n) is 5.90. The molecule has 1 aliphatic heterocycles. The van der Waals surface area contributed by atoms with Crippen LogP contribution in [-0.4, -0.2) is 30.6 Å². The summed E-state index contributed by atoms with van der Waals surface area (Å²) in [6, 6.07) is 7.02. The predicted octanol–water partition coefficient (Wildman–Crippen LogP) is 3.22. The van der Waals surface area contributed by atoms with Gasteiger partial charge in [0.2, 0.25) is 0 Å². The van der Waals surface area contributed by atoms with E-state index in [1.807, 2.05) is 0 Å². The molecule has 2 rings (SSSR count). The van der Waals surface area contributed by atoms with Gasteiger partial charge in [0.25, 0.3) is 0 Å². The summed E-state index contributed by atoms with van der Waals surface area (Å²) in [7, 11) is 1.47. The van der Waals surface area contributed by atoms with Crippen molar-refractivity contribution in [2.24, 2.45) is 0 Å². The molecule has 3 heteroatoms. The SMILES string of the molecule is COC(=O)CC1CCCCN1Cc1cc(C)cc(C)c1. The average molecular weight is 275 g/mol. The molecule has 1 fully saturated rings. The smallest absolute Gasteiger partial charge is 0.307 e. The summed E-state index contributed by atoms with van der Waals surface area (Å²) < 4.78 is 4.82. The molecule has 0 radical (unpaired) electrons. The van der Waals surface area contributed by atoms with Crippen LogP contribution in [0.2, 0.25) is 0 Å². The summed E-state index contributed by atoms with van der Waals surface area (Å²) in [6.07, 6.45) is 4.05. The third-order valence-electron chi connectivity index (χ3n) is 4.05. The Morgan fingerprint density at radius 2 is 1.95 bits per heavy atom. The highest BCUT2D eigenvalue weighted by Gasteiger charge is 2.25. The van der Waals surface area contributed by atoms with Gasteiger partial charge < -0.3 is 4.74 Å². The second kappa shape index (κ2) is 6.89. The van der Waals surface area contributed by atoms with Gasteiger partial charge in [0.1, 0.15) is 0 Å². The van der Waals surface area contributed by atoms with Crippen LogP contribution in [0.25, 0.3) is 0 Å². The molecule has 0 spiro atoms. The first-order valence-corrected chi connectivity index (χ1v) is 7.46. The number of nitrogens with zero attached hydrogens (tertiary/aromatic N) is 1. The number of carbonyl (C=O) groups is 1. The van der Waals surface area contributed by atoms with Crippen LogP contribution in [0.5, 0.6) is 0 Å². The minimum atomic E-state index is -0.0951. The Labute approximate surface area is 121 Å². The highest BCUT2D eigenvalue weighted by Crippen LogP contribution is 2.23. The number of aryl methyl sites for hydroxylation is 2. The molecule has 1 aromatic rings. The molecule has 1 unspecified atom stereocenters. The molecule has 20 heavy (non-hydrogen) atoms. The van der Waals surface area contributed by atoms with E-state index in [2.05, 4.69) is 36.9 Å². The number of piperidine rings is 1. The van der Waals surface area contributed by atoms with Crippen LogP contribution < -0.4 is 0 Å². The van der Waals surface area contributed by atoms with Crippen LogP contribution in [0.1, 0.15) is 42.4 Å². The van der Waals surface area contributed by atoms with E-state index < -0.39 is 0 Å². The zero-order chi connectivity index (χ0) is 14.5. The largest absolute Gasteiger partial charge is 0.469 e. The molecule has 1 atom stereocenters. The van der Waals surface area contributed by atoms with E-state index in [0.717, 1.165) is 19.5 Å². The molecule has 3 nitrogen and oxygen atoms in total. The van der Waals surface area contributed by atoms with Gasteiger partial charge in [0.05, 0.1) is 13.5 Å². The van der Waals surface area contributed by atoms with Crippen molar-refractivity contribution >= 4 is 5.97 Å². The zero-order valence-corrected chi connectivity index (χ0v) is 12.8. The topological polar surface area (TPSA) is 29.5 Å². The van der Waals surface area contributed by atoms with Gasteiger partial charge in [-0.2, -0.15) is 0 Å². The molecule has 1 saturated heterocycles. The van der Waals surface area contributed by atoms with E-state index in [0.29, 0.717) is 12.5 Å². The van der Waals surface area contributed by atoms with Crippen molar-refractivity contribution in [2.45, 2.75) is 52.1 Å². The Kier molecular flexibility index (Phi) is 5.18. The lowest BCUT2D eigenvalue weighted by Crippen LogP contribution is -2.40. The highest BCUT2D eigenvalue weighted by molar-refractivity contribution is 5.69. The molecule has 0 amide bonds. The lowest BCUT2D eigenvalue weighted by atomic mass is 9.98. The Morgan fingerprint density at radius 3 is 2.60 bits per heavy atom. The van der Waals surface area contributed by atoms with E-state index in [1.54, 1.807) is 0 Å². The van der Waals surface area contributed by atoms with Gasteiger partial charge in [-0.05, 0) is 38.8 Å². The van der Waals surface area contributed by atoms with Crippen molar-refractivity contribution in [3.63, 3.8) is 0 Å². The lowest BCUT2D eigenvalue weighted by molar-refractivity contribution is -0.142. The van der Waals surface area contributed by atoms with Crippen LogP contribution in [0.15, 0.2) is 18.2 Å². The quantitative estimate of drug-likeness (QED) is 0.790. The fourth-order valence-corrected chi connectivity index (χ4v) is 3.17. The molecule has 0 bridgehead atoms. The van der Waals surface area contributed by atoms with E-state index >= 15 is 0 Å². The maximum absolute atomic E-state index is 11.5. The van der Waals surface area contributed by atoms with Crippen LogP contribution in [0, 0.1) is 13.8 Å². The number of esters is 1. The second-order valence-corrected chi connectivity index (χ2v) is 5.90. The molecule has 0 aromatic heterocycles. The first kappa shape index (κ1) is 15.0. The fraction of sp³-hybridized carbons (Fsp3) is 0.588. The number of methoxy groups -OCH3 is 1. The van der Waals surface area contributed by atoms with Gasteiger partial charge in [0, 0.05) is 12.6 Å². The van der Waals surface area contributed by atoms with E-state index in [1.165, 1.54) is 36.6 Å². The lowest BCUT2D eigenvalue weighted by Gasteiger charge is -2.35. The van der Waals surface area contributed by atoms with Gasteiger partial charge in [-0.3, -0.25) is 9.69 Å². The summed E-state index contributed by atoms with van der Waals surface area (Å²) in [6.45, 7) is 6.29. The minimum absolute atomic E-state index is 0.0951. The molecule has 0 aliphatic carbocycles. The minimum Gasteiger partial charge on any atom is -0.469 e. The van der Waals surface area contributed by atoms with Crippen molar-refractivity contribution in [1.29, 1.82) is 0 Å². The molecule has 1 aliphatic rings. The Balaban J connectivity index is 2.06. The first-order chi connectivity index (χ1) is 9.58. The van der Waals surface area contributed by atoms with Crippen LogP contribution in [-0.2, 0) is 16.1 Å². The first-order valence-electron chi connectivity index (χ1n) is 7.46. The summed E-state index contributed by atoms with van der Waals surface area (Å²) >= 11 is 0. The summed E-state index contributed by atoms with van der Waals surface area (Å²) in [4.78, 5) is 14.0. The predicted molar refractivity (Wildman–Crippen MR) is 80.6 cm³/mol. The Morgan fingerprint density at radius 1 is 1.25 bits per heavy atom. The van der Waals surface area contributed by atoms with Gasteiger partial charge >= 0.3 is 5.97 Å². The fourth-order valence-electron chi connectivity index (χ4n) is 3.17. The standard InChI is InChI=1S/C17H25NO2/c1-13-8-14(2)10-15(9-13)12-18-7-5-4-6-16(18)11-17(19)20-3/h8-10,16H,4-7,11-12H2,1-3H3. The average Bonchev–Trinajstić information content (AvgIpc) is 2.39. The van der Waals surface area contributed by atoms with Gasteiger partial charge in [-0.25, -0.2) is 0 Å². The maximum Gasteiger partial charge on any atom is 0.307 e. The van der Waals surface area contributed by atoms with Crippen molar-refractivity contribution in [3.8, 4) is 0 Å². The molecule has 0 N–H and O–H groups in total. The molecule has 0 saturated carbocycles. The van der Waals surface area contributed by atoms with E-state index in [-0.39, 0.29) is 5.97 Å². The highest BCUT2D eigenvalue weighted by atomic mass is 16.5. The number of benzene rings is 1. The normalized spacial score (nSPS) is 19.9. The Hall–Kier alpha value is -1.35. The maximum atomic E-state index is 11.5.